The summed E-state index contributed by atoms with van der Waals surface area (Å²) in [7, 11) is 0. The molecule has 0 saturated carbocycles. The molecular weight excluding hydrogens is 428 g/mol. The van der Waals surface area contributed by atoms with Gasteiger partial charge in [0.1, 0.15) is 0 Å². The molecule has 0 aliphatic carbocycles. The number of carbonyl (C=O) groups is 1. The van der Waals surface area contributed by atoms with E-state index in [1.54, 1.807) is 17.4 Å². The monoisotopic (exact) mass is 450 g/mol. The fourth-order valence-electron chi connectivity index (χ4n) is 4.22. The van der Waals surface area contributed by atoms with E-state index in [9.17, 15) is 4.79 Å². The molecule has 2 heterocycles. The average Bonchev–Trinajstić information content (AvgIpc) is 3.50. The van der Waals surface area contributed by atoms with E-state index in [0.29, 0.717) is 0 Å². The molecule has 0 radical (unpaired) electrons. The van der Waals surface area contributed by atoms with Gasteiger partial charge in [0, 0.05) is 16.2 Å². The number of nitrogens with one attached hydrogen (secondary N) is 1. The standard InChI is InChI=1S/C28H22N2O2S/c1-2-24(20-9-11-26-21(15-20)13-14-33-26)28(22-8-10-25-23(16-22)17-29-30-25)19-6-3-18(4-7-19)5-12-27(31)32/h3-17H,2H2,1H3,(H,29,30)(H,31,32). The molecule has 33 heavy (non-hydrogen) atoms. The Labute approximate surface area is 195 Å². The highest BCUT2D eigenvalue weighted by Crippen LogP contribution is 2.37. The number of nitrogens with zero attached hydrogens (tertiary/aromatic N) is 1. The number of aromatic amines is 1. The van der Waals surface area contributed by atoms with Gasteiger partial charge in [-0.1, -0.05) is 43.3 Å². The van der Waals surface area contributed by atoms with Crippen LogP contribution in [0.25, 0.3) is 38.2 Å². The number of carboxylic acid groups (broad SMARTS) is 1. The van der Waals surface area contributed by atoms with Gasteiger partial charge in [-0.2, -0.15) is 5.10 Å². The van der Waals surface area contributed by atoms with E-state index in [4.69, 9.17) is 5.11 Å². The van der Waals surface area contributed by atoms with Gasteiger partial charge in [-0.05, 0) is 87.0 Å². The fourth-order valence-corrected chi connectivity index (χ4v) is 4.99. The van der Waals surface area contributed by atoms with Crippen LogP contribution in [0, 0.1) is 0 Å². The molecular formula is C28H22N2O2S. The van der Waals surface area contributed by atoms with Crippen LogP contribution >= 0.6 is 11.3 Å². The Kier molecular flexibility index (Phi) is 5.63. The highest BCUT2D eigenvalue weighted by Gasteiger charge is 2.15. The smallest absolute Gasteiger partial charge is 0.328 e. The Morgan fingerprint density at radius 1 is 0.970 bits per heavy atom. The highest BCUT2D eigenvalue weighted by molar-refractivity contribution is 7.17. The van der Waals surface area contributed by atoms with Gasteiger partial charge < -0.3 is 5.11 Å². The Hall–Kier alpha value is -3.96. The van der Waals surface area contributed by atoms with Gasteiger partial charge in [0.15, 0.2) is 0 Å². The summed E-state index contributed by atoms with van der Waals surface area (Å²) >= 11 is 1.75. The molecule has 3 aromatic carbocycles. The van der Waals surface area contributed by atoms with E-state index < -0.39 is 5.97 Å². The summed E-state index contributed by atoms with van der Waals surface area (Å²) in [6.07, 6.45) is 5.48. The van der Waals surface area contributed by atoms with Crippen LogP contribution in [0.5, 0.6) is 0 Å². The van der Waals surface area contributed by atoms with E-state index in [2.05, 4.69) is 77.1 Å². The second-order valence-corrected chi connectivity index (χ2v) is 8.79. The third-order valence-corrected chi connectivity index (χ3v) is 6.70. The number of hydrogen-bond acceptors (Lipinski definition) is 3. The van der Waals surface area contributed by atoms with E-state index in [1.807, 2.05) is 18.3 Å². The molecule has 2 aromatic heterocycles. The minimum atomic E-state index is -0.954. The first-order chi connectivity index (χ1) is 16.1. The van der Waals surface area contributed by atoms with E-state index in [-0.39, 0.29) is 0 Å². The zero-order chi connectivity index (χ0) is 22.8. The summed E-state index contributed by atoms with van der Waals surface area (Å²) in [5.41, 5.74) is 7.71. The van der Waals surface area contributed by atoms with Crippen LogP contribution < -0.4 is 0 Å². The summed E-state index contributed by atoms with van der Waals surface area (Å²) in [6, 6.07) is 23.3. The zero-order valence-electron chi connectivity index (χ0n) is 18.1. The van der Waals surface area contributed by atoms with Crippen LogP contribution in [0.4, 0.5) is 0 Å². The molecule has 162 valence electrons. The maximum absolute atomic E-state index is 10.9. The van der Waals surface area contributed by atoms with Crippen molar-refractivity contribution < 1.29 is 9.90 Å². The average molecular weight is 451 g/mol. The molecule has 0 atom stereocenters. The van der Waals surface area contributed by atoms with E-state index in [1.165, 1.54) is 26.8 Å². The molecule has 0 aliphatic heterocycles. The molecule has 4 nitrogen and oxygen atoms in total. The molecule has 0 unspecified atom stereocenters. The lowest BCUT2D eigenvalue weighted by Gasteiger charge is -2.17. The largest absolute Gasteiger partial charge is 0.478 e. The van der Waals surface area contributed by atoms with Crippen LogP contribution in [0.15, 0.2) is 84.4 Å². The van der Waals surface area contributed by atoms with Crippen molar-refractivity contribution in [1.29, 1.82) is 0 Å². The van der Waals surface area contributed by atoms with Crippen molar-refractivity contribution in [2.24, 2.45) is 0 Å². The molecule has 0 aliphatic rings. The van der Waals surface area contributed by atoms with Crippen LogP contribution in [0.2, 0.25) is 0 Å². The lowest BCUT2D eigenvalue weighted by Crippen LogP contribution is -1.95. The maximum Gasteiger partial charge on any atom is 0.328 e. The van der Waals surface area contributed by atoms with Crippen LogP contribution in [0.3, 0.4) is 0 Å². The number of allylic oxidation sites excluding steroid dienone is 1. The fraction of sp³-hybridized carbons (Fsp3) is 0.0714. The lowest BCUT2D eigenvalue weighted by molar-refractivity contribution is -0.131. The van der Waals surface area contributed by atoms with Crippen molar-refractivity contribution >= 4 is 55.5 Å². The summed E-state index contributed by atoms with van der Waals surface area (Å²) in [4.78, 5) is 10.9. The predicted molar refractivity (Wildman–Crippen MR) is 137 cm³/mol. The van der Waals surface area contributed by atoms with Crippen molar-refractivity contribution in [2.45, 2.75) is 13.3 Å². The van der Waals surface area contributed by atoms with Crippen LogP contribution in [-0.2, 0) is 4.79 Å². The normalized spacial score (nSPS) is 12.5. The lowest BCUT2D eigenvalue weighted by atomic mass is 9.87. The molecule has 0 saturated heterocycles. The number of rotatable bonds is 6. The highest BCUT2D eigenvalue weighted by atomic mass is 32.1. The minimum Gasteiger partial charge on any atom is -0.478 e. The van der Waals surface area contributed by atoms with Crippen molar-refractivity contribution in [1.82, 2.24) is 10.2 Å². The second-order valence-electron chi connectivity index (χ2n) is 7.85. The van der Waals surface area contributed by atoms with Gasteiger partial charge in [0.05, 0.1) is 11.7 Å². The first kappa shape index (κ1) is 20.9. The molecule has 5 aromatic rings. The molecule has 2 N–H and O–H groups in total. The summed E-state index contributed by atoms with van der Waals surface area (Å²) < 4.78 is 1.28. The summed E-state index contributed by atoms with van der Waals surface area (Å²) in [6.45, 7) is 2.19. The summed E-state index contributed by atoms with van der Waals surface area (Å²) in [5, 5.41) is 20.6. The molecule has 5 heteroatoms. The van der Waals surface area contributed by atoms with Gasteiger partial charge >= 0.3 is 5.97 Å². The Balaban J connectivity index is 1.71. The Morgan fingerprint density at radius 3 is 2.52 bits per heavy atom. The van der Waals surface area contributed by atoms with Gasteiger partial charge in [0.25, 0.3) is 0 Å². The minimum absolute atomic E-state index is 0.850. The van der Waals surface area contributed by atoms with Crippen LogP contribution in [0.1, 0.15) is 35.6 Å². The van der Waals surface area contributed by atoms with Gasteiger partial charge in [-0.3, -0.25) is 5.10 Å². The molecule has 0 amide bonds. The van der Waals surface area contributed by atoms with Crippen molar-refractivity contribution in [3.05, 3.63) is 107 Å². The van der Waals surface area contributed by atoms with E-state index >= 15 is 0 Å². The van der Waals surface area contributed by atoms with Gasteiger partial charge in [-0.25, -0.2) is 4.79 Å². The van der Waals surface area contributed by atoms with Crippen LogP contribution in [-0.4, -0.2) is 21.3 Å². The summed E-state index contributed by atoms with van der Waals surface area (Å²) in [5.74, 6) is -0.954. The predicted octanol–water partition coefficient (Wildman–Crippen LogP) is 7.24. The first-order valence-corrected chi connectivity index (χ1v) is 11.7. The van der Waals surface area contributed by atoms with Crippen molar-refractivity contribution in [3.8, 4) is 0 Å². The number of fused-ring (bicyclic) bond motifs is 2. The second kappa shape index (κ2) is 8.88. The number of carboxylic acids is 1. The third kappa shape index (κ3) is 4.23. The molecule has 0 spiro atoms. The zero-order valence-corrected chi connectivity index (χ0v) is 18.9. The Bertz CT molecular complexity index is 1520. The van der Waals surface area contributed by atoms with Gasteiger partial charge in [0.2, 0.25) is 0 Å². The number of benzene rings is 3. The van der Waals surface area contributed by atoms with Crippen molar-refractivity contribution in [3.63, 3.8) is 0 Å². The van der Waals surface area contributed by atoms with Crippen molar-refractivity contribution in [2.75, 3.05) is 0 Å². The van der Waals surface area contributed by atoms with Gasteiger partial charge in [-0.15, -0.1) is 11.3 Å². The first-order valence-electron chi connectivity index (χ1n) is 10.8. The van der Waals surface area contributed by atoms with E-state index in [0.717, 1.165) is 40.1 Å². The molecule has 5 rings (SSSR count). The number of hydrogen-bond donors (Lipinski definition) is 2. The quantitative estimate of drug-likeness (QED) is 0.212. The SMILES string of the molecule is CCC(=C(c1ccc(C=CC(=O)O)cc1)c1ccc2[nH]ncc2c1)c1ccc2sccc2c1. The topological polar surface area (TPSA) is 66.0 Å². The molecule has 0 fully saturated rings. The number of aromatic nitrogens is 2. The molecule has 0 bridgehead atoms. The Morgan fingerprint density at radius 2 is 1.73 bits per heavy atom. The number of thiophene rings is 1. The maximum atomic E-state index is 10.9. The number of H-pyrrole nitrogens is 1. The third-order valence-electron chi connectivity index (χ3n) is 5.80. The number of aliphatic carboxylic acids is 1.